The lowest BCUT2D eigenvalue weighted by Crippen LogP contribution is -2.16. The highest BCUT2D eigenvalue weighted by Gasteiger charge is 2.05. The average molecular weight is 394 g/mol. The molecule has 0 aromatic heterocycles. The third-order valence-electron chi connectivity index (χ3n) is 6.27. The van der Waals surface area contributed by atoms with Crippen molar-refractivity contribution >= 4 is 0 Å². The van der Waals surface area contributed by atoms with Crippen LogP contribution < -0.4 is 5.32 Å². The molecule has 0 aromatic carbocycles. The van der Waals surface area contributed by atoms with Gasteiger partial charge in [0.15, 0.2) is 0 Å². The van der Waals surface area contributed by atoms with Gasteiger partial charge in [0.25, 0.3) is 0 Å². The summed E-state index contributed by atoms with van der Waals surface area (Å²) in [5.41, 5.74) is 0. The quantitative estimate of drug-likeness (QED) is 0.127. The Labute approximate surface area is 179 Å². The van der Waals surface area contributed by atoms with Gasteiger partial charge in [0.2, 0.25) is 0 Å². The second-order valence-electron chi connectivity index (χ2n) is 8.98. The normalized spacial score (nSPS) is 12.4. The molecule has 0 saturated carbocycles. The first-order chi connectivity index (χ1) is 13.8. The average Bonchev–Trinajstić information content (AvgIpc) is 2.71. The largest absolute Gasteiger partial charge is 0.317 e. The molecule has 0 fully saturated rings. The lowest BCUT2D eigenvalue weighted by Gasteiger charge is -2.14. The van der Waals surface area contributed by atoms with Crippen LogP contribution in [0.4, 0.5) is 0 Å². The predicted octanol–water partition coefficient (Wildman–Crippen LogP) is 9.22. The summed E-state index contributed by atoms with van der Waals surface area (Å²) >= 11 is 0. The summed E-state index contributed by atoms with van der Waals surface area (Å²) in [5.74, 6) is 1.00. The Bertz CT molecular complexity index is 286. The molecule has 168 valence electrons. The summed E-state index contributed by atoms with van der Waals surface area (Å²) in [6, 6.07) is 0. The molecule has 0 saturated heterocycles. The molecule has 0 bridgehead atoms. The molecule has 0 aromatic rings. The summed E-state index contributed by atoms with van der Waals surface area (Å²) < 4.78 is 0. The Balaban J connectivity index is 3.22. The third kappa shape index (κ3) is 22.0. The molecule has 0 aliphatic heterocycles. The van der Waals surface area contributed by atoms with Crippen LogP contribution in [-0.2, 0) is 0 Å². The van der Waals surface area contributed by atoms with E-state index in [4.69, 9.17) is 0 Å². The van der Waals surface area contributed by atoms with Gasteiger partial charge < -0.3 is 5.32 Å². The van der Waals surface area contributed by atoms with Gasteiger partial charge >= 0.3 is 0 Å². The van der Waals surface area contributed by atoms with Crippen molar-refractivity contribution in [1.29, 1.82) is 0 Å². The molecule has 1 N–H and O–H groups in total. The Hall–Kier alpha value is -0.300. The van der Waals surface area contributed by atoms with Crippen LogP contribution in [0, 0.1) is 5.92 Å². The molecular formula is C27H55N. The highest BCUT2D eigenvalue weighted by Crippen LogP contribution is 2.21. The van der Waals surface area contributed by atoms with Crippen LogP contribution in [0.2, 0.25) is 0 Å². The zero-order chi connectivity index (χ0) is 20.5. The lowest BCUT2D eigenvalue weighted by molar-refractivity contribution is 0.392. The smallest absolute Gasteiger partial charge is 0.00489 e. The van der Waals surface area contributed by atoms with E-state index in [2.05, 4.69) is 25.7 Å². The van der Waals surface area contributed by atoms with Crippen LogP contribution >= 0.6 is 0 Å². The molecule has 0 aliphatic rings. The van der Waals surface area contributed by atoms with Crippen LogP contribution in [-0.4, -0.2) is 13.1 Å². The maximum atomic E-state index is 3.78. The van der Waals surface area contributed by atoms with Crippen molar-refractivity contribution in [1.82, 2.24) is 5.32 Å². The fraction of sp³-hybridized carbons (Fsp3) is 0.926. The van der Waals surface area contributed by atoms with Crippen molar-refractivity contribution in [3.63, 3.8) is 0 Å². The second-order valence-corrected chi connectivity index (χ2v) is 8.98. The minimum absolute atomic E-state index is 1.00. The molecule has 1 atom stereocenters. The zero-order valence-corrected chi connectivity index (χ0v) is 19.9. The molecule has 0 amide bonds. The van der Waals surface area contributed by atoms with Gasteiger partial charge in [0.1, 0.15) is 0 Å². The minimum atomic E-state index is 1.00. The predicted molar refractivity (Wildman–Crippen MR) is 130 cm³/mol. The number of allylic oxidation sites excluding steroid dienone is 1. The van der Waals surface area contributed by atoms with Gasteiger partial charge in [-0.15, -0.1) is 6.58 Å². The number of rotatable bonds is 24. The summed E-state index contributed by atoms with van der Waals surface area (Å²) in [6.45, 7) is 10.9. The van der Waals surface area contributed by atoms with Crippen LogP contribution in [0.5, 0.6) is 0 Å². The molecule has 0 rings (SSSR count). The topological polar surface area (TPSA) is 12.0 Å². The Morgan fingerprint density at radius 2 is 1.07 bits per heavy atom. The van der Waals surface area contributed by atoms with E-state index < -0.39 is 0 Å². The van der Waals surface area contributed by atoms with Gasteiger partial charge in [-0.05, 0) is 44.7 Å². The second kappa shape index (κ2) is 24.7. The third-order valence-corrected chi connectivity index (χ3v) is 6.27. The first-order valence-electron chi connectivity index (χ1n) is 13.2. The molecular weight excluding hydrogens is 338 g/mol. The fourth-order valence-corrected chi connectivity index (χ4v) is 4.17. The Morgan fingerprint density at radius 1 is 0.607 bits per heavy atom. The van der Waals surface area contributed by atoms with Crippen molar-refractivity contribution in [2.75, 3.05) is 13.1 Å². The van der Waals surface area contributed by atoms with Gasteiger partial charge in [0.05, 0.1) is 0 Å². The van der Waals surface area contributed by atoms with E-state index in [1.165, 1.54) is 142 Å². The highest BCUT2D eigenvalue weighted by molar-refractivity contribution is 4.65. The number of unbranched alkanes of at least 4 members (excludes halogenated alkanes) is 14. The van der Waals surface area contributed by atoms with E-state index in [1.807, 2.05) is 6.08 Å². The highest BCUT2D eigenvalue weighted by atomic mass is 14.8. The molecule has 0 spiro atoms. The van der Waals surface area contributed by atoms with Gasteiger partial charge in [-0.3, -0.25) is 0 Å². The minimum Gasteiger partial charge on any atom is -0.317 e. The lowest BCUT2D eigenvalue weighted by atomic mass is 9.92. The summed E-state index contributed by atoms with van der Waals surface area (Å²) in [6.07, 6.45) is 30.3. The van der Waals surface area contributed by atoms with Crippen molar-refractivity contribution in [2.45, 2.75) is 142 Å². The monoisotopic (exact) mass is 393 g/mol. The van der Waals surface area contributed by atoms with Gasteiger partial charge in [-0.25, -0.2) is 0 Å². The van der Waals surface area contributed by atoms with Crippen LogP contribution in [0.1, 0.15) is 142 Å². The first-order valence-corrected chi connectivity index (χ1v) is 13.2. The van der Waals surface area contributed by atoms with Crippen molar-refractivity contribution in [2.24, 2.45) is 5.92 Å². The maximum Gasteiger partial charge on any atom is -0.00489 e. The Morgan fingerprint density at radius 3 is 1.57 bits per heavy atom. The van der Waals surface area contributed by atoms with E-state index in [0.29, 0.717) is 0 Å². The maximum absolute atomic E-state index is 3.78. The van der Waals surface area contributed by atoms with E-state index in [9.17, 15) is 0 Å². The van der Waals surface area contributed by atoms with Gasteiger partial charge in [-0.2, -0.15) is 0 Å². The molecule has 0 radical (unpaired) electrons. The van der Waals surface area contributed by atoms with Crippen LogP contribution in [0.15, 0.2) is 12.7 Å². The van der Waals surface area contributed by atoms with Crippen molar-refractivity contribution in [3.8, 4) is 0 Å². The molecule has 1 nitrogen and oxygen atoms in total. The van der Waals surface area contributed by atoms with Gasteiger partial charge in [-0.1, -0.05) is 123 Å². The van der Waals surface area contributed by atoms with E-state index in [0.717, 1.165) is 5.92 Å². The summed E-state index contributed by atoms with van der Waals surface area (Å²) in [4.78, 5) is 0. The summed E-state index contributed by atoms with van der Waals surface area (Å²) in [5, 5.41) is 3.63. The van der Waals surface area contributed by atoms with Crippen LogP contribution in [0.3, 0.4) is 0 Å². The van der Waals surface area contributed by atoms with Crippen LogP contribution in [0.25, 0.3) is 0 Å². The van der Waals surface area contributed by atoms with E-state index >= 15 is 0 Å². The molecule has 1 unspecified atom stereocenters. The fourth-order valence-electron chi connectivity index (χ4n) is 4.17. The number of hydrogen-bond donors (Lipinski definition) is 1. The summed E-state index contributed by atoms with van der Waals surface area (Å²) in [7, 11) is 0. The standard InChI is InChI=1S/C27H55N/c1-4-7-9-11-13-17-21-25-28-26-22-18-14-16-20-24-27(6-3)23-19-15-12-10-8-5-2/h4,27-28H,1,5-26H2,2-3H3. The molecule has 0 heterocycles. The SMILES string of the molecule is C=CCCCCCCCNCCCCCCCC(CC)CCCCCCCC. The van der Waals surface area contributed by atoms with E-state index in [1.54, 1.807) is 0 Å². The first kappa shape index (κ1) is 27.7. The molecule has 28 heavy (non-hydrogen) atoms. The number of nitrogens with one attached hydrogen (secondary N) is 1. The van der Waals surface area contributed by atoms with Crippen molar-refractivity contribution < 1.29 is 0 Å². The molecule has 0 aliphatic carbocycles. The van der Waals surface area contributed by atoms with Crippen molar-refractivity contribution in [3.05, 3.63) is 12.7 Å². The Kier molecular flexibility index (Phi) is 24.5. The van der Waals surface area contributed by atoms with Gasteiger partial charge in [0, 0.05) is 0 Å². The molecule has 1 heteroatoms. The number of hydrogen-bond acceptors (Lipinski definition) is 1. The zero-order valence-electron chi connectivity index (χ0n) is 19.9. The van der Waals surface area contributed by atoms with E-state index in [-0.39, 0.29) is 0 Å².